The predicted octanol–water partition coefficient (Wildman–Crippen LogP) is 2.30. The van der Waals surface area contributed by atoms with Gasteiger partial charge >= 0.3 is 0 Å². The van der Waals surface area contributed by atoms with Crippen molar-refractivity contribution in [1.29, 1.82) is 0 Å². The lowest BCUT2D eigenvalue weighted by Gasteiger charge is -2.06. The number of anilines is 1. The number of nitrogens with two attached hydrogens (primary N) is 1. The zero-order valence-electron chi connectivity index (χ0n) is 8.32. The number of nitro benzene ring substituents is 1. The highest BCUT2D eigenvalue weighted by molar-refractivity contribution is 9.10. The van der Waals surface area contributed by atoms with Gasteiger partial charge in [-0.1, -0.05) is 15.9 Å². The first-order valence-electron chi connectivity index (χ1n) is 4.14. The summed E-state index contributed by atoms with van der Waals surface area (Å²) in [4.78, 5) is 14.2. The first kappa shape index (κ1) is 11.6. The Labute approximate surface area is 95.3 Å². The summed E-state index contributed by atoms with van der Waals surface area (Å²) in [5, 5.41) is 10.9. The summed E-state index contributed by atoms with van der Waals surface area (Å²) in [5.41, 5.74) is 6.92. The van der Waals surface area contributed by atoms with Gasteiger partial charge in [0.25, 0.3) is 5.69 Å². The van der Waals surface area contributed by atoms with Gasteiger partial charge in [0.1, 0.15) is 0 Å². The molecular weight excluding hydrogens is 262 g/mol. The van der Waals surface area contributed by atoms with Crippen LogP contribution in [0, 0.1) is 17.0 Å². The van der Waals surface area contributed by atoms with Crippen LogP contribution in [0.15, 0.2) is 15.5 Å². The molecular formula is C9H10BrN3O2. The van der Waals surface area contributed by atoms with E-state index in [9.17, 15) is 10.1 Å². The van der Waals surface area contributed by atoms with Crippen LogP contribution in [0.25, 0.3) is 0 Å². The maximum Gasteiger partial charge on any atom is 0.284 e. The molecule has 0 aliphatic rings. The third kappa shape index (κ3) is 2.15. The molecule has 0 spiro atoms. The fourth-order valence-corrected chi connectivity index (χ4v) is 1.71. The van der Waals surface area contributed by atoms with Crippen LogP contribution in [0.2, 0.25) is 0 Å². The van der Waals surface area contributed by atoms with Crippen molar-refractivity contribution in [2.75, 3.05) is 12.8 Å². The summed E-state index contributed by atoms with van der Waals surface area (Å²) in [6, 6.07) is 1.64. The van der Waals surface area contributed by atoms with Gasteiger partial charge in [0.2, 0.25) is 0 Å². The molecule has 1 aromatic rings. The molecule has 0 fully saturated rings. The van der Waals surface area contributed by atoms with Gasteiger partial charge in [-0.3, -0.25) is 15.1 Å². The zero-order chi connectivity index (χ0) is 11.6. The van der Waals surface area contributed by atoms with E-state index in [2.05, 4.69) is 20.9 Å². The van der Waals surface area contributed by atoms with E-state index in [1.165, 1.54) is 6.21 Å². The highest BCUT2D eigenvalue weighted by Crippen LogP contribution is 2.33. The van der Waals surface area contributed by atoms with Gasteiger partial charge in [-0.25, -0.2) is 0 Å². The van der Waals surface area contributed by atoms with E-state index in [1.807, 2.05) is 0 Å². The SMILES string of the molecule is CN=Cc1c(N)cc(Br)c(C)c1[N+](=O)[O-]. The minimum Gasteiger partial charge on any atom is -0.398 e. The second-order valence-corrected chi connectivity index (χ2v) is 3.83. The number of hydrogen-bond donors (Lipinski definition) is 1. The average molecular weight is 272 g/mol. The summed E-state index contributed by atoms with van der Waals surface area (Å²) >= 11 is 3.22. The Morgan fingerprint density at radius 1 is 1.67 bits per heavy atom. The molecule has 0 saturated heterocycles. The van der Waals surface area contributed by atoms with Crippen LogP contribution in [0.4, 0.5) is 11.4 Å². The van der Waals surface area contributed by atoms with Crippen LogP contribution in [-0.2, 0) is 0 Å². The molecule has 5 nitrogen and oxygen atoms in total. The largest absolute Gasteiger partial charge is 0.398 e. The van der Waals surface area contributed by atoms with E-state index in [4.69, 9.17) is 5.73 Å². The van der Waals surface area contributed by atoms with E-state index in [1.54, 1.807) is 20.0 Å². The van der Waals surface area contributed by atoms with Crippen molar-refractivity contribution >= 4 is 33.5 Å². The van der Waals surface area contributed by atoms with E-state index in [-0.39, 0.29) is 5.69 Å². The van der Waals surface area contributed by atoms with Crippen LogP contribution in [0.3, 0.4) is 0 Å². The average Bonchev–Trinajstić information content (AvgIpc) is 2.14. The molecule has 0 saturated carbocycles. The highest BCUT2D eigenvalue weighted by Gasteiger charge is 2.21. The van der Waals surface area contributed by atoms with Crippen molar-refractivity contribution in [3.05, 3.63) is 31.8 Å². The van der Waals surface area contributed by atoms with Crippen LogP contribution in [-0.4, -0.2) is 18.2 Å². The Bertz CT molecular complexity index is 443. The lowest BCUT2D eigenvalue weighted by atomic mass is 10.1. The van der Waals surface area contributed by atoms with Crippen molar-refractivity contribution in [2.45, 2.75) is 6.92 Å². The fourth-order valence-electron chi connectivity index (χ4n) is 1.27. The van der Waals surface area contributed by atoms with Crippen molar-refractivity contribution in [1.82, 2.24) is 0 Å². The van der Waals surface area contributed by atoms with Gasteiger partial charge in [-0.2, -0.15) is 0 Å². The minimum absolute atomic E-state index is 0.00697. The molecule has 0 bridgehead atoms. The van der Waals surface area contributed by atoms with E-state index in [0.717, 1.165) is 0 Å². The molecule has 15 heavy (non-hydrogen) atoms. The number of nitrogens with zero attached hydrogens (tertiary/aromatic N) is 2. The summed E-state index contributed by atoms with van der Waals surface area (Å²) < 4.78 is 0.625. The van der Waals surface area contributed by atoms with Gasteiger partial charge < -0.3 is 5.73 Å². The Kier molecular flexibility index (Phi) is 3.41. The smallest absolute Gasteiger partial charge is 0.284 e. The van der Waals surface area contributed by atoms with Gasteiger partial charge in [-0.15, -0.1) is 0 Å². The molecule has 0 aliphatic heterocycles. The first-order valence-corrected chi connectivity index (χ1v) is 4.93. The van der Waals surface area contributed by atoms with Crippen LogP contribution < -0.4 is 5.73 Å². The highest BCUT2D eigenvalue weighted by atomic mass is 79.9. The second kappa shape index (κ2) is 4.39. The van der Waals surface area contributed by atoms with Crippen molar-refractivity contribution < 1.29 is 4.92 Å². The maximum absolute atomic E-state index is 10.9. The molecule has 1 rings (SSSR count). The maximum atomic E-state index is 10.9. The number of rotatable bonds is 2. The third-order valence-electron chi connectivity index (χ3n) is 2.00. The summed E-state index contributed by atoms with van der Waals surface area (Å²) in [6.07, 6.45) is 1.40. The van der Waals surface area contributed by atoms with Crippen molar-refractivity contribution in [2.24, 2.45) is 4.99 Å². The summed E-state index contributed by atoms with van der Waals surface area (Å²) in [7, 11) is 1.54. The molecule has 80 valence electrons. The second-order valence-electron chi connectivity index (χ2n) is 2.98. The first-order chi connectivity index (χ1) is 6.99. The lowest BCUT2D eigenvalue weighted by Crippen LogP contribution is -2.03. The van der Waals surface area contributed by atoms with Gasteiger partial charge in [-0.05, 0) is 13.0 Å². The zero-order valence-corrected chi connectivity index (χ0v) is 9.91. The van der Waals surface area contributed by atoms with Crippen molar-refractivity contribution in [3.8, 4) is 0 Å². The number of hydrogen-bond acceptors (Lipinski definition) is 4. The van der Waals surface area contributed by atoms with E-state index < -0.39 is 4.92 Å². The third-order valence-corrected chi connectivity index (χ3v) is 2.83. The molecule has 0 amide bonds. The normalized spacial score (nSPS) is 10.9. The Hall–Kier alpha value is -1.43. The monoisotopic (exact) mass is 271 g/mol. The Morgan fingerprint density at radius 2 is 2.27 bits per heavy atom. The molecule has 2 N–H and O–H groups in total. The topological polar surface area (TPSA) is 81.5 Å². The van der Waals surface area contributed by atoms with Crippen LogP contribution in [0.1, 0.15) is 11.1 Å². The van der Waals surface area contributed by atoms with Gasteiger partial charge in [0.15, 0.2) is 0 Å². The van der Waals surface area contributed by atoms with Gasteiger partial charge in [0.05, 0.1) is 10.5 Å². The molecule has 0 atom stereocenters. The number of benzene rings is 1. The number of nitrogen functional groups attached to an aromatic ring is 1. The number of aliphatic imine (C=N–C) groups is 1. The molecule has 6 heteroatoms. The van der Waals surface area contributed by atoms with Gasteiger partial charge in [0, 0.05) is 29.0 Å². The Balaban J connectivity index is 3.61. The van der Waals surface area contributed by atoms with Crippen LogP contribution in [0.5, 0.6) is 0 Å². The molecule has 1 aromatic carbocycles. The quantitative estimate of drug-likeness (QED) is 0.388. The molecule has 0 unspecified atom stereocenters. The predicted molar refractivity (Wildman–Crippen MR) is 63.5 cm³/mol. The van der Waals surface area contributed by atoms with E-state index >= 15 is 0 Å². The molecule has 0 aromatic heterocycles. The summed E-state index contributed by atoms with van der Waals surface area (Å²) in [6.45, 7) is 1.66. The lowest BCUT2D eigenvalue weighted by molar-refractivity contribution is -0.385. The summed E-state index contributed by atoms with van der Waals surface area (Å²) in [5.74, 6) is 0. The van der Waals surface area contributed by atoms with Crippen molar-refractivity contribution in [3.63, 3.8) is 0 Å². The number of halogens is 1. The molecule has 0 radical (unpaired) electrons. The molecule has 0 aliphatic carbocycles. The van der Waals surface area contributed by atoms with Crippen LogP contribution >= 0.6 is 15.9 Å². The molecule has 0 heterocycles. The standard InChI is InChI=1S/C9H10BrN3O2/c1-5-7(10)3-8(11)6(4-12-2)9(5)13(14)15/h3-4H,11H2,1-2H3. The van der Waals surface area contributed by atoms with E-state index in [0.29, 0.717) is 21.3 Å². The number of nitro groups is 1. The fraction of sp³-hybridized carbons (Fsp3) is 0.222. The Morgan fingerprint density at radius 3 is 2.73 bits per heavy atom. The minimum atomic E-state index is -0.451.